The van der Waals surface area contributed by atoms with Crippen molar-refractivity contribution in [2.75, 3.05) is 11.6 Å². The second kappa shape index (κ2) is 8.73. The third-order valence-electron chi connectivity index (χ3n) is 4.57. The van der Waals surface area contributed by atoms with Gasteiger partial charge in [0, 0.05) is 23.5 Å². The summed E-state index contributed by atoms with van der Waals surface area (Å²) in [6.07, 6.45) is 6.82. The van der Waals surface area contributed by atoms with E-state index >= 15 is 0 Å². The molecule has 0 bridgehead atoms. The molecule has 2 heterocycles. The maximum atomic E-state index is 12.2. The van der Waals surface area contributed by atoms with E-state index in [4.69, 9.17) is 5.26 Å². The first-order valence-electron chi connectivity index (χ1n) is 9.29. The maximum absolute atomic E-state index is 12.2. The third-order valence-corrected chi connectivity index (χ3v) is 5.23. The molecule has 2 aromatic heterocycles. The van der Waals surface area contributed by atoms with E-state index in [2.05, 4.69) is 15.3 Å². The van der Waals surface area contributed by atoms with E-state index in [9.17, 15) is 10.0 Å². The van der Waals surface area contributed by atoms with Crippen LogP contribution >= 0.6 is 11.8 Å². The molecule has 7 nitrogen and oxygen atoms in total. The zero-order valence-corrected chi connectivity index (χ0v) is 17.3. The highest BCUT2D eigenvalue weighted by atomic mass is 32.2. The number of hydrogen-bond acceptors (Lipinski definition) is 6. The Morgan fingerprint density at radius 1 is 1.19 bits per heavy atom. The largest absolute Gasteiger partial charge is 0.426 e. The average molecular weight is 427 g/mol. The minimum atomic E-state index is -0.264. The molecule has 2 aromatic carbocycles. The molecule has 0 saturated heterocycles. The van der Waals surface area contributed by atoms with Crippen molar-refractivity contribution in [2.45, 2.75) is 5.03 Å². The van der Waals surface area contributed by atoms with Crippen LogP contribution in [0, 0.1) is 11.3 Å². The van der Waals surface area contributed by atoms with Crippen molar-refractivity contribution < 1.29 is 10.0 Å². The lowest BCUT2D eigenvalue weighted by atomic mass is 10.2. The molecule has 31 heavy (non-hydrogen) atoms. The topological polar surface area (TPSA) is 104 Å². The molecule has 0 unspecified atom stereocenters. The fraction of sp³-hybridized carbons (Fsp3) is 0.0435. The Hall–Kier alpha value is -4.09. The summed E-state index contributed by atoms with van der Waals surface area (Å²) < 4.78 is 0.961. The van der Waals surface area contributed by atoms with Crippen LogP contribution in [0.25, 0.3) is 28.5 Å². The number of rotatable bonds is 5. The summed E-state index contributed by atoms with van der Waals surface area (Å²) in [6.45, 7) is 0. The van der Waals surface area contributed by atoms with Crippen LogP contribution < -0.4 is 5.32 Å². The molecule has 8 heteroatoms. The molecule has 0 saturated carbocycles. The van der Waals surface area contributed by atoms with Gasteiger partial charge in [0.15, 0.2) is 5.82 Å². The van der Waals surface area contributed by atoms with Gasteiger partial charge in [-0.3, -0.25) is 4.79 Å². The van der Waals surface area contributed by atoms with Gasteiger partial charge in [0.05, 0.1) is 22.2 Å². The van der Waals surface area contributed by atoms with Crippen LogP contribution in [0.3, 0.4) is 0 Å². The van der Waals surface area contributed by atoms with Gasteiger partial charge in [-0.05, 0) is 66.4 Å². The van der Waals surface area contributed by atoms with Crippen molar-refractivity contribution in [3.8, 4) is 17.5 Å². The van der Waals surface area contributed by atoms with E-state index in [1.807, 2.05) is 24.5 Å². The highest BCUT2D eigenvalue weighted by molar-refractivity contribution is 7.98. The molecule has 4 rings (SSSR count). The Bertz CT molecular complexity index is 1320. The van der Waals surface area contributed by atoms with Crippen molar-refractivity contribution >= 4 is 40.5 Å². The molecule has 152 valence electrons. The van der Waals surface area contributed by atoms with Crippen LogP contribution in [-0.4, -0.2) is 32.1 Å². The zero-order valence-electron chi connectivity index (χ0n) is 16.5. The summed E-state index contributed by atoms with van der Waals surface area (Å²) in [6, 6.07) is 17.7. The molecule has 0 spiro atoms. The Morgan fingerprint density at radius 2 is 2.00 bits per heavy atom. The van der Waals surface area contributed by atoms with Crippen molar-refractivity contribution in [2.24, 2.45) is 0 Å². The summed E-state index contributed by atoms with van der Waals surface area (Å²) in [4.78, 5) is 20.9. The summed E-state index contributed by atoms with van der Waals surface area (Å²) in [7, 11) is 0. The van der Waals surface area contributed by atoms with Crippen molar-refractivity contribution in [1.29, 1.82) is 5.26 Å². The predicted molar refractivity (Wildman–Crippen MR) is 121 cm³/mol. The number of benzene rings is 2. The molecule has 4 aromatic rings. The maximum Gasteiger partial charge on any atom is 0.248 e. The van der Waals surface area contributed by atoms with Gasteiger partial charge in [-0.25, -0.2) is 9.97 Å². The predicted octanol–water partition coefficient (Wildman–Crippen LogP) is 4.58. The number of fused-ring (bicyclic) bond motifs is 1. The van der Waals surface area contributed by atoms with Gasteiger partial charge in [0.2, 0.25) is 5.91 Å². The average Bonchev–Trinajstić information content (AvgIpc) is 3.14. The van der Waals surface area contributed by atoms with Crippen LogP contribution in [0.2, 0.25) is 0 Å². The lowest BCUT2D eigenvalue weighted by molar-refractivity contribution is -0.111. The number of carbonyl (C=O) groups is 1. The van der Waals surface area contributed by atoms with Crippen LogP contribution in [-0.2, 0) is 4.79 Å². The van der Waals surface area contributed by atoms with Gasteiger partial charge in [0.1, 0.15) is 5.52 Å². The molecule has 0 aliphatic heterocycles. The van der Waals surface area contributed by atoms with Gasteiger partial charge < -0.3 is 10.5 Å². The first-order valence-corrected chi connectivity index (χ1v) is 10.5. The van der Waals surface area contributed by atoms with E-state index in [1.165, 1.54) is 6.08 Å². The molecule has 0 fully saturated rings. The number of thioether (sulfide) groups is 1. The molecular weight excluding hydrogens is 410 g/mol. The standard InChI is InChI=1S/C23H17N5O2S/c1-31-22-11-4-15(14-25-22)3-10-21(29)26-18-7-5-17(6-8-18)23-27-19-9-2-16(13-24)12-20(19)28(23)30/h2-12,14,30H,1H3,(H,26,29). The fourth-order valence-corrected chi connectivity index (χ4v) is 3.35. The molecule has 0 aliphatic rings. The number of aromatic nitrogens is 3. The SMILES string of the molecule is CSc1ccc(C=CC(=O)Nc2ccc(-c3nc4ccc(C#N)cc4n3O)cc2)cn1. The first kappa shape index (κ1) is 20.2. The Morgan fingerprint density at radius 3 is 2.68 bits per heavy atom. The summed E-state index contributed by atoms with van der Waals surface area (Å²) in [5.74, 6) is 0.0872. The smallest absolute Gasteiger partial charge is 0.248 e. The summed E-state index contributed by atoms with van der Waals surface area (Å²) in [5.41, 5.74) is 3.60. The Labute approximate surface area is 182 Å². The lowest BCUT2D eigenvalue weighted by Crippen LogP contribution is -2.07. The number of pyridine rings is 1. The highest BCUT2D eigenvalue weighted by Gasteiger charge is 2.12. The number of hydrogen-bond donors (Lipinski definition) is 2. The van der Waals surface area contributed by atoms with Crippen LogP contribution in [0.4, 0.5) is 5.69 Å². The number of anilines is 1. The zero-order chi connectivity index (χ0) is 21.8. The number of nitrogens with zero attached hydrogens (tertiary/aromatic N) is 4. The van der Waals surface area contributed by atoms with E-state index in [0.29, 0.717) is 33.7 Å². The number of nitriles is 1. The van der Waals surface area contributed by atoms with Gasteiger partial charge in [-0.2, -0.15) is 9.99 Å². The quantitative estimate of drug-likeness (QED) is 0.274. The fourth-order valence-electron chi connectivity index (χ4n) is 2.99. The van der Waals surface area contributed by atoms with E-state index in [-0.39, 0.29) is 5.91 Å². The van der Waals surface area contributed by atoms with Crippen molar-refractivity contribution in [3.05, 3.63) is 78.0 Å². The molecule has 0 atom stereocenters. The second-order valence-corrected chi connectivity index (χ2v) is 7.42. The minimum Gasteiger partial charge on any atom is -0.426 e. The van der Waals surface area contributed by atoms with Gasteiger partial charge in [0.25, 0.3) is 0 Å². The monoisotopic (exact) mass is 427 g/mol. The minimum absolute atomic E-state index is 0.264. The first-order chi connectivity index (χ1) is 15.1. The number of carbonyl (C=O) groups excluding carboxylic acids is 1. The molecule has 0 aliphatic carbocycles. The Kier molecular flexibility index (Phi) is 5.69. The molecular formula is C23H17N5O2S. The third kappa shape index (κ3) is 4.42. The molecule has 2 N–H and O–H groups in total. The lowest BCUT2D eigenvalue weighted by Gasteiger charge is -2.05. The van der Waals surface area contributed by atoms with Gasteiger partial charge >= 0.3 is 0 Å². The van der Waals surface area contributed by atoms with Crippen LogP contribution in [0.5, 0.6) is 0 Å². The van der Waals surface area contributed by atoms with E-state index in [1.54, 1.807) is 66.5 Å². The second-order valence-electron chi connectivity index (χ2n) is 6.60. The Balaban J connectivity index is 1.47. The highest BCUT2D eigenvalue weighted by Crippen LogP contribution is 2.25. The number of nitrogens with one attached hydrogen (secondary N) is 1. The van der Waals surface area contributed by atoms with Gasteiger partial charge in [-0.1, -0.05) is 6.07 Å². The van der Waals surface area contributed by atoms with E-state index in [0.717, 1.165) is 15.3 Å². The van der Waals surface area contributed by atoms with Crippen molar-refractivity contribution in [3.63, 3.8) is 0 Å². The normalized spacial score (nSPS) is 11.0. The molecule has 0 radical (unpaired) electrons. The number of amides is 1. The van der Waals surface area contributed by atoms with E-state index < -0.39 is 0 Å². The van der Waals surface area contributed by atoms with Crippen molar-refractivity contribution in [1.82, 2.24) is 14.7 Å². The number of imidazole rings is 1. The van der Waals surface area contributed by atoms with Crippen LogP contribution in [0.15, 0.2) is 71.9 Å². The van der Waals surface area contributed by atoms with Crippen LogP contribution in [0.1, 0.15) is 11.1 Å². The summed E-state index contributed by atoms with van der Waals surface area (Å²) >= 11 is 1.56. The summed E-state index contributed by atoms with van der Waals surface area (Å²) in [5, 5.41) is 23.2. The van der Waals surface area contributed by atoms with Gasteiger partial charge in [-0.15, -0.1) is 11.8 Å². The molecule has 1 amide bonds.